The van der Waals surface area contributed by atoms with E-state index in [1.54, 1.807) is 5.57 Å². The monoisotopic (exact) mass is 702 g/mol. The molecule has 278 valence electrons. The molecule has 8 atom stereocenters. The fourth-order valence-electron chi connectivity index (χ4n) is 9.17. The quantitative estimate of drug-likeness (QED) is 0.0669. The van der Waals surface area contributed by atoms with Gasteiger partial charge in [-0.2, -0.15) is 0 Å². The number of unbranched alkanes of at least 4 members (excludes halogenated alkanes) is 14. The van der Waals surface area contributed by atoms with Crippen LogP contribution in [0.25, 0.3) is 0 Å². The van der Waals surface area contributed by atoms with Crippen LogP contribution in [0.1, 0.15) is 181 Å². The fraction of sp³-hybridized carbons (Fsp3) is 0.950. The number of nitrogens with zero attached hydrogens (tertiary/aromatic N) is 1. The highest BCUT2D eigenvalue weighted by atomic mass is 35.5. The van der Waals surface area contributed by atoms with Crippen LogP contribution in [0, 0.1) is 5.92 Å². The van der Waals surface area contributed by atoms with Crippen molar-refractivity contribution in [2.24, 2.45) is 5.92 Å². The van der Waals surface area contributed by atoms with Crippen LogP contribution in [0.3, 0.4) is 0 Å². The van der Waals surface area contributed by atoms with Crippen LogP contribution in [0.4, 0.5) is 0 Å². The molecule has 0 unspecified atom stereocenters. The van der Waals surface area contributed by atoms with Gasteiger partial charge < -0.3 is 20.8 Å². The van der Waals surface area contributed by atoms with Crippen LogP contribution in [-0.2, 0) is 0 Å². The van der Waals surface area contributed by atoms with Crippen molar-refractivity contribution >= 4 is 24.8 Å². The minimum absolute atomic E-state index is 0. The van der Waals surface area contributed by atoms with Gasteiger partial charge in [-0.25, -0.2) is 0 Å². The Balaban J connectivity index is 0.00000384. The Morgan fingerprint density at radius 1 is 0.596 bits per heavy atom. The van der Waals surface area contributed by atoms with E-state index in [4.69, 9.17) is 0 Å². The van der Waals surface area contributed by atoms with Crippen molar-refractivity contribution in [1.82, 2.24) is 15.5 Å². The van der Waals surface area contributed by atoms with Crippen molar-refractivity contribution in [2.45, 2.75) is 223 Å². The molecule has 3 saturated heterocycles. The molecule has 0 bridgehead atoms. The molecule has 3 fully saturated rings. The van der Waals surface area contributed by atoms with Crippen molar-refractivity contribution in [2.75, 3.05) is 13.1 Å². The van der Waals surface area contributed by atoms with E-state index < -0.39 is 0 Å². The van der Waals surface area contributed by atoms with Crippen LogP contribution in [-0.4, -0.2) is 70.6 Å². The number of fused-ring (bicyclic) bond motifs is 1. The van der Waals surface area contributed by atoms with E-state index >= 15 is 0 Å². The molecule has 0 aromatic carbocycles. The third-order valence-corrected chi connectivity index (χ3v) is 12.2. The number of rotatable bonds is 22. The molecule has 0 saturated carbocycles. The molecule has 4 rings (SSSR count). The Morgan fingerprint density at radius 2 is 1.04 bits per heavy atom. The first kappa shape index (κ1) is 43.3. The Morgan fingerprint density at radius 3 is 1.53 bits per heavy atom. The van der Waals surface area contributed by atoms with Crippen molar-refractivity contribution in [3.05, 3.63) is 11.6 Å². The summed E-state index contributed by atoms with van der Waals surface area (Å²) >= 11 is 0. The van der Waals surface area contributed by atoms with Crippen LogP contribution in [0.15, 0.2) is 11.6 Å². The summed E-state index contributed by atoms with van der Waals surface area (Å²) in [6.07, 6.45) is 37.4. The summed E-state index contributed by atoms with van der Waals surface area (Å²) in [5.74, 6) is 0.825. The first-order chi connectivity index (χ1) is 22.0. The zero-order chi connectivity index (χ0) is 31.7. The minimum atomic E-state index is -0.142. The van der Waals surface area contributed by atoms with Crippen molar-refractivity contribution in [3.8, 4) is 0 Å². The molecular weight excluding hydrogens is 625 g/mol. The fourth-order valence-corrected chi connectivity index (χ4v) is 9.17. The number of hydrogen-bond donors (Lipinski definition) is 4. The molecular formula is C40H77Cl2N3O2. The van der Waals surface area contributed by atoms with E-state index in [2.05, 4.69) is 35.5 Å². The Hall–Kier alpha value is 0.120. The Labute approximate surface area is 303 Å². The topological polar surface area (TPSA) is 67.8 Å². The zero-order valence-corrected chi connectivity index (χ0v) is 32.3. The lowest BCUT2D eigenvalue weighted by molar-refractivity contribution is 0.0848. The summed E-state index contributed by atoms with van der Waals surface area (Å²) in [6, 6.07) is 2.66. The molecule has 4 N–H and O–H groups in total. The number of nitrogens with one attached hydrogen (secondary N) is 2. The SMILES string of the molecule is C[C@H]1N[C@H](CCCCCCCCCCC2=C[C@@H](CCCCCCCCCC[C@@H]3CC[C@@H](O)[C@@H](C)N3)[C@@H]3CCCN3C2)CC[C@H]1O.Cl.Cl. The summed E-state index contributed by atoms with van der Waals surface area (Å²) in [5, 5.41) is 27.0. The van der Waals surface area contributed by atoms with E-state index in [0.717, 1.165) is 37.6 Å². The standard InChI is InChI=1S/C40H75N3O2.2ClH/c1-32-39(44)27-25-36(41-32)22-17-13-9-5-3-7-11-15-20-34-30-35(38-24-19-29-43(38)31-34)21-16-12-8-4-6-10-14-18-23-37-26-28-40(45)33(2)42-37;;/h30,32-33,35-42,44-45H,3-29,31H2,1-2H3;2*1H/t32-,33-,35-,36-,37-,38+,39-,40-;;/m1../s1. The van der Waals surface area contributed by atoms with E-state index in [0.29, 0.717) is 12.1 Å². The molecule has 7 heteroatoms. The second-order valence-electron chi connectivity index (χ2n) is 16.0. The molecule has 4 aliphatic heterocycles. The molecule has 0 aromatic rings. The maximum absolute atomic E-state index is 9.89. The molecule has 0 radical (unpaired) electrons. The van der Waals surface area contributed by atoms with Gasteiger partial charge in [0.05, 0.1) is 12.2 Å². The zero-order valence-electron chi connectivity index (χ0n) is 30.7. The van der Waals surface area contributed by atoms with Crippen LogP contribution < -0.4 is 10.6 Å². The highest BCUT2D eigenvalue weighted by molar-refractivity contribution is 5.85. The molecule has 0 spiro atoms. The molecule has 0 aromatic heterocycles. The lowest BCUT2D eigenvalue weighted by Crippen LogP contribution is -2.48. The van der Waals surface area contributed by atoms with E-state index in [1.807, 2.05) is 0 Å². The van der Waals surface area contributed by atoms with Crippen molar-refractivity contribution < 1.29 is 10.2 Å². The van der Waals surface area contributed by atoms with Gasteiger partial charge in [0.2, 0.25) is 0 Å². The van der Waals surface area contributed by atoms with Gasteiger partial charge in [0, 0.05) is 36.8 Å². The van der Waals surface area contributed by atoms with Gasteiger partial charge in [-0.05, 0) is 96.9 Å². The molecule has 5 nitrogen and oxygen atoms in total. The van der Waals surface area contributed by atoms with Gasteiger partial charge in [0.1, 0.15) is 0 Å². The molecule has 0 aliphatic carbocycles. The third-order valence-electron chi connectivity index (χ3n) is 12.2. The minimum Gasteiger partial charge on any atom is -0.392 e. The molecule has 47 heavy (non-hydrogen) atoms. The third kappa shape index (κ3) is 16.3. The van der Waals surface area contributed by atoms with Crippen LogP contribution in [0.2, 0.25) is 0 Å². The average Bonchev–Trinajstić information content (AvgIpc) is 3.51. The van der Waals surface area contributed by atoms with Gasteiger partial charge in [-0.1, -0.05) is 108 Å². The van der Waals surface area contributed by atoms with Gasteiger partial charge in [0.15, 0.2) is 0 Å². The summed E-state index contributed by atoms with van der Waals surface area (Å²) in [4.78, 5) is 2.84. The summed E-state index contributed by atoms with van der Waals surface area (Å²) in [6.45, 7) is 6.86. The predicted octanol–water partition coefficient (Wildman–Crippen LogP) is 9.66. The molecule has 0 amide bonds. The summed E-state index contributed by atoms with van der Waals surface area (Å²) in [7, 11) is 0. The van der Waals surface area contributed by atoms with Crippen LogP contribution >= 0.6 is 24.8 Å². The second kappa shape index (κ2) is 25.1. The highest BCUT2D eigenvalue weighted by Gasteiger charge is 2.34. The van der Waals surface area contributed by atoms with Crippen LogP contribution in [0.5, 0.6) is 0 Å². The van der Waals surface area contributed by atoms with E-state index in [9.17, 15) is 10.2 Å². The Bertz CT molecular complexity index is 816. The van der Waals surface area contributed by atoms with E-state index in [1.165, 1.54) is 154 Å². The van der Waals surface area contributed by atoms with Crippen molar-refractivity contribution in [1.29, 1.82) is 0 Å². The number of hydrogen-bond acceptors (Lipinski definition) is 5. The van der Waals surface area contributed by atoms with Gasteiger partial charge in [0.25, 0.3) is 0 Å². The smallest absolute Gasteiger partial charge is 0.0691 e. The number of halogens is 2. The largest absolute Gasteiger partial charge is 0.392 e. The maximum atomic E-state index is 9.89. The highest BCUT2D eigenvalue weighted by Crippen LogP contribution is 2.35. The average molecular weight is 703 g/mol. The number of aliphatic hydroxyl groups is 2. The van der Waals surface area contributed by atoms with Gasteiger partial charge in [-0.15, -0.1) is 24.8 Å². The van der Waals surface area contributed by atoms with E-state index in [-0.39, 0.29) is 49.1 Å². The summed E-state index contributed by atoms with van der Waals surface area (Å²) in [5.41, 5.74) is 1.77. The maximum Gasteiger partial charge on any atom is 0.0691 e. The van der Waals surface area contributed by atoms with Gasteiger partial charge >= 0.3 is 0 Å². The lowest BCUT2D eigenvalue weighted by atomic mass is 9.85. The van der Waals surface area contributed by atoms with Crippen molar-refractivity contribution in [3.63, 3.8) is 0 Å². The number of piperidine rings is 2. The first-order valence-corrected chi connectivity index (χ1v) is 20.3. The number of aliphatic hydroxyl groups excluding tert-OH is 2. The lowest BCUT2D eigenvalue weighted by Gasteiger charge is -2.36. The molecule has 4 heterocycles. The second-order valence-corrected chi connectivity index (χ2v) is 16.0. The predicted molar refractivity (Wildman–Crippen MR) is 206 cm³/mol. The van der Waals surface area contributed by atoms with Gasteiger partial charge in [-0.3, -0.25) is 4.90 Å². The first-order valence-electron chi connectivity index (χ1n) is 20.3. The Kier molecular flexibility index (Phi) is 23.1. The normalized spacial score (nSPS) is 31.1. The summed E-state index contributed by atoms with van der Waals surface area (Å²) < 4.78 is 0. The molecule has 4 aliphatic rings.